The van der Waals surface area contributed by atoms with Crippen LogP contribution in [0.3, 0.4) is 0 Å². The Morgan fingerprint density at radius 1 is 1.10 bits per heavy atom. The molecule has 0 saturated heterocycles. The average Bonchev–Trinajstić information content (AvgIpc) is 2.68. The van der Waals surface area contributed by atoms with E-state index in [0.29, 0.717) is 6.61 Å². The van der Waals surface area contributed by atoms with E-state index in [4.69, 9.17) is 4.74 Å². The minimum Gasteiger partial charge on any atom is -0.488 e. The lowest BCUT2D eigenvalue weighted by atomic mass is 10.2. The summed E-state index contributed by atoms with van der Waals surface area (Å²) in [5.41, 5.74) is 4.92. The number of pyridine rings is 1. The number of halogens is 4. The fourth-order valence-corrected chi connectivity index (χ4v) is 3.06. The number of nitrogens with zero attached hydrogens (tertiary/aromatic N) is 2. The second-order valence-corrected chi connectivity index (χ2v) is 7.43. The molecule has 4 nitrogen and oxygen atoms in total. The molecular weight excluding hydrogens is 494 g/mol. The van der Waals surface area contributed by atoms with E-state index >= 15 is 0 Å². The van der Waals surface area contributed by atoms with Crippen LogP contribution >= 0.6 is 22.6 Å². The number of ether oxygens (including phenoxy) is 1. The number of aryl methyl sites for hydroxylation is 1. The molecule has 8 heteroatoms. The topological polar surface area (TPSA) is 46.5 Å². The van der Waals surface area contributed by atoms with Crippen LogP contribution in [-0.2, 0) is 12.8 Å². The zero-order chi connectivity index (χ0) is 20.9. The first kappa shape index (κ1) is 21.1. The van der Waals surface area contributed by atoms with Gasteiger partial charge in [0.05, 0.1) is 15.3 Å². The van der Waals surface area contributed by atoms with E-state index in [1.165, 1.54) is 11.6 Å². The van der Waals surface area contributed by atoms with Gasteiger partial charge in [0.15, 0.2) is 0 Å². The van der Waals surface area contributed by atoms with Gasteiger partial charge in [-0.05, 0) is 71.0 Å². The quantitative estimate of drug-likeness (QED) is 0.250. The number of hydrogen-bond donors (Lipinski definition) is 1. The number of nitrogens with one attached hydrogen (secondary N) is 1. The lowest BCUT2D eigenvalue weighted by Gasteiger charge is -2.09. The largest absolute Gasteiger partial charge is 0.488 e. The first-order chi connectivity index (χ1) is 13.8. The van der Waals surface area contributed by atoms with E-state index in [1.54, 1.807) is 6.21 Å². The van der Waals surface area contributed by atoms with Crippen molar-refractivity contribution in [2.75, 3.05) is 5.43 Å². The van der Waals surface area contributed by atoms with Crippen LogP contribution < -0.4 is 10.2 Å². The third-order valence-corrected chi connectivity index (χ3v) is 4.80. The second kappa shape index (κ2) is 9.25. The van der Waals surface area contributed by atoms with Gasteiger partial charge in [-0.3, -0.25) is 5.43 Å². The van der Waals surface area contributed by atoms with Crippen molar-refractivity contribution in [1.82, 2.24) is 4.98 Å². The number of hydrazone groups is 1. The van der Waals surface area contributed by atoms with Crippen LogP contribution in [0, 0.1) is 10.5 Å². The summed E-state index contributed by atoms with van der Waals surface area (Å²) in [5, 5.41) is 4.01. The zero-order valence-electron chi connectivity index (χ0n) is 15.4. The van der Waals surface area contributed by atoms with E-state index in [2.05, 4.69) is 38.1 Å². The number of benzene rings is 2. The molecule has 0 aliphatic carbocycles. The number of rotatable bonds is 6. The van der Waals surface area contributed by atoms with Crippen molar-refractivity contribution >= 4 is 34.6 Å². The Morgan fingerprint density at radius 3 is 2.48 bits per heavy atom. The van der Waals surface area contributed by atoms with Gasteiger partial charge < -0.3 is 4.74 Å². The van der Waals surface area contributed by atoms with Gasteiger partial charge in [-0.1, -0.05) is 29.8 Å². The van der Waals surface area contributed by atoms with Gasteiger partial charge in [0.2, 0.25) is 0 Å². The fraction of sp³-hybridized carbons (Fsp3) is 0.143. The third kappa shape index (κ3) is 6.18. The number of aromatic nitrogens is 1. The molecule has 0 spiro atoms. The van der Waals surface area contributed by atoms with Crippen molar-refractivity contribution in [3.63, 3.8) is 0 Å². The third-order valence-electron chi connectivity index (χ3n) is 3.95. The normalized spacial score (nSPS) is 11.6. The van der Waals surface area contributed by atoms with Gasteiger partial charge in [-0.25, -0.2) is 4.98 Å². The van der Waals surface area contributed by atoms with Crippen LogP contribution in [0.25, 0.3) is 0 Å². The van der Waals surface area contributed by atoms with Crippen LogP contribution in [0.1, 0.15) is 22.3 Å². The van der Waals surface area contributed by atoms with Crippen molar-refractivity contribution in [3.8, 4) is 5.75 Å². The average molecular weight is 511 g/mol. The Morgan fingerprint density at radius 2 is 1.86 bits per heavy atom. The van der Waals surface area contributed by atoms with E-state index in [-0.39, 0.29) is 5.82 Å². The van der Waals surface area contributed by atoms with Crippen LogP contribution in [-0.4, -0.2) is 11.2 Å². The minimum absolute atomic E-state index is 0.224. The summed E-state index contributed by atoms with van der Waals surface area (Å²) in [4.78, 5) is 3.70. The van der Waals surface area contributed by atoms with Crippen LogP contribution in [0.15, 0.2) is 65.9 Å². The second-order valence-electron chi connectivity index (χ2n) is 6.26. The summed E-state index contributed by atoms with van der Waals surface area (Å²) in [6.07, 6.45) is -2.08. The molecule has 0 bridgehead atoms. The van der Waals surface area contributed by atoms with Crippen LogP contribution in [0.2, 0.25) is 0 Å². The lowest BCUT2D eigenvalue weighted by Crippen LogP contribution is -2.05. The molecule has 0 fully saturated rings. The van der Waals surface area contributed by atoms with Crippen LogP contribution in [0.5, 0.6) is 5.75 Å². The Bertz CT molecular complexity index is 988. The molecule has 1 N–H and O–H groups in total. The summed E-state index contributed by atoms with van der Waals surface area (Å²) in [6, 6.07) is 15.9. The molecule has 3 rings (SSSR count). The highest BCUT2D eigenvalue weighted by atomic mass is 127. The van der Waals surface area contributed by atoms with E-state index in [9.17, 15) is 13.2 Å². The van der Waals surface area contributed by atoms with Crippen molar-refractivity contribution in [1.29, 1.82) is 0 Å². The Hall–Kier alpha value is -2.62. The van der Waals surface area contributed by atoms with Crippen molar-refractivity contribution in [3.05, 3.63) is 86.6 Å². The smallest absolute Gasteiger partial charge is 0.417 e. The zero-order valence-corrected chi connectivity index (χ0v) is 17.5. The van der Waals surface area contributed by atoms with E-state index in [1.807, 2.05) is 49.4 Å². The summed E-state index contributed by atoms with van der Waals surface area (Å²) < 4.78 is 44.4. The van der Waals surface area contributed by atoms with Gasteiger partial charge in [0.1, 0.15) is 18.2 Å². The highest BCUT2D eigenvalue weighted by Gasteiger charge is 2.30. The maximum Gasteiger partial charge on any atom is 0.417 e. The van der Waals surface area contributed by atoms with Gasteiger partial charge in [0, 0.05) is 6.20 Å². The van der Waals surface area contributed by atoms with E-state index < -0.39 is 11.7 Å². The molecule has 29 heavy (non-hydrogen) atoms. The molecule has 1 aromatic heterocycles. The van der Waals surface area contributed by atoms with Gasteiger partial charge in [0.25, 0.3) is 0 Å². The standard InChI is InChI=1S/C21H17F3IN3O/c1-14-2-4-15(5-3-14)13-29-19-8-6-16(10-18(19)25)11-27-28-20-9-7-17(12-26-20)21(22,23)24/h2-12H,13H2,1H3,(H,26,28)/b27-11-. The highest BCUT2D eigenvalue weighted by Crippen LogP contribution is 2.28. The highest BCUT2D eigenvalue weighted by molar-refractivity contribution is 14.1. The Labute approximate surface area is 180 Å². The summed E-state index contributed by atoms with van der Waals surface area (Å²) in [7, 11) is 0. The first-order valence-electron chi connectivity index (χ1n) is 8.61. The molecule has 3 aromatic rings. The number of alkyl halides is 3. The summed E-state index contributed by atoms with van der Waals surface area (Å²) in [6.45, 7) is 2.52. The predicted molar refractivity (Wildman–Crippen MR) is 115 cm³/mol. The van der Waals surface area contributed by atoms with Gasteiger partial charge >= 0.3 is 6.18 Å². The van der Waals surface area contributed by atoms with Crippen molar-refractivity contribution in [2.24, 2.45) is 5.10 Å². The molecule has 0 aliphatic heterocycles. The van der Waals surface area contributed by atoms with E-state index in [0.717, 1.165) is 32.7 Å². The van der Waals surface area contributed by atoms with Crippen LogP contribution in [0.4, 0.5) is 19.0 Å². The first-order valence-corrected chi connectivity index (χ1v) is 9.69. The van der Waals surface area contributed by atoms with Crippen molar-refractivity contribution in [2.45, 2.75) is 19.7 Å². The molecule has 0 radical (unpaired) electrons. The number of anilines is 1. The van der Waals surface area contributed by atoms with Gasteiger partial charge in [-0.2, -0.15) is 18.3 Å². The lowest BCUT2D eigenvalue weighted by molar-refractivity contribution is -0.137. The van der Waals surface area contributed by atoms with Crippen molar-refractivity contribution < 1.29 is 17.9 Å². The Balaban J connectivity index is 1.57. The SMILES string of the molecule is Cc1ccc(COc2ccc(/C=N\Nc3ccc(C(F)(F)F)cn3)cc2I)cc1. The maximum absolute atomic E-state index is 12.5. The molecular formula is C21H17F3IN3O. The maximum atomic E-state index is 12.5. The molecule has 0 aliphatic rings. The molecule has 150 valence electrons. The molecule has 2 aromatic carbocycles. The summed E-state index contributed by atoms with van der Waals surface area (Å²) in [5.74, 6) is 0.989. The Kier molecular flexibility index (Phi) is 6.73. The fourth-order valence-electron chi connectivity index (χ4n) is 2.36. The molecule has 0 unspecified atom stereocenters. The minimum atomic E-state index is -4.41. The summed E-state index contributed by atoms with van der Waals surface area (Å²) >= 11 is 2.18. The number of hydrogen-bond acceptors (Lipinski definition) is 4. The molecule has 0 atom stereocenters. The van der Waals surface area contributed by atoms with Gasteiger partial charge in [-0.15, -0.1) is 0 Å². The monoisotopic (exact) mass is 511 g/mol. The molecule has 0 amide bonds. The predicted octanol–water partition coefficient (Wildman–Crippen LogP) is 6.04. The molecule has 1 heterocycles. The molecule has 0 saturated carbocycles.